The number of nitrogens with one attached hydrogen (secondary N) is 3. The van der Waals surface area contributed by atoms with Crippen LogP contribution in [0.3, 0.4) is 0 Å². The lowest BCUT2D eigenvalue weighted by Crippen LogP contribution is -2.25. The van der Waals surface area contributed by atoms with Crippen LogP contribution in [0.1, 0.15) is 16.7 Å². The van der Waals surface area contributed by atoms with E-state index in [1.54, 1.807) is 18.4 Å². The quantitative estimate of drug-likeness (QED) is 0.742. The van der Waals surface area contributed by atoms with E-state index in [9.17, 15) is 8.42 Å². The Morgan fingerprint density at radius 1 is 1.32 bits per heavy atom. The molecule has 8 heteroatoms. The van der Waals surface area contributed by atoms with Crippen molar-refractivity contribution in [2.24, 2.45) is 0 Å². The van der Waals surface area contributed by atoms with Gasteiger partial charge in [-0.25, -0.2) is 13.1 Å². The Hall–Kier alpha value is -1.22. The van der Waals surface area contributed by atoms with Gasteiger partial charge in [0, 0.05) is 18.7 Å². The molecule has 0 unspecified atom stereocenters. The Kier molecular flexibility index (Phi) is 4.35. The number of thiophene rings is 1. The largest absolute Gasteiger partial charge is 0.316 e. The average molecular weight is 300 g/mol. The molecule has 0 bridgehead atoms. The van der Waals surface area contributed by atoms with E-state index in [2.05, 4.69) is 20.2 Å². The summed E-state index contributed by atoms with van der Waals surface area (Å²) in [7, 11) is -1.81. The van der Waals surface area contributed by atoms with Crippen LogP contribution in [0.5, 0.6) is 0 Å². The Bertz CT molecular complexity index is 645. The fourth-order valence-electron chi connectivity index (χ4n) is 1.66. The summed E-state index contributed by atoms with van der Waals surface area (Å²) < 4.78 is 27.0. The van der Waals surface area contributed by atoms with Crippen molar-refractivity contribution in [3.8, 4) is 0 Å². The van der Waals surface area contributed by atoms with Crippen molar-refractivity contribution >= 4 is 21.4 Å². The topological polar surface area (TPSA) is 86.9 Å². The third-order valence-corrected chi connectivity index (χ3v) is 5.05. The van der Waals surface area contributed by atoms with Crippen LogP contribution in [-0.2, 0) is 23.1 Å². The number of aromatic nitrogens is 2. The lowest BCUT2D eigenvalue weighted by Gasteiger charge is -2.06. The number of hydrogen-bond acceptors (Lipinski definition) is 5. The molecule has 0 saturated carbocycles. The first-order chi connectivity index (χ1) is 9.04. The maximum Gasteiger partial charge on any atom is 0.258 e. The Morgan fingerprint density at radius 2 is 2.11 bits per heavy atom. The van der Waals surface area contributed by atoms with E-state index >= 15 is 0 Å². The fourth-order valence-corrected chi connectivity index (χ4v) is 3.65. The standard InChI is InChI=1S/C11H16N4O2S2/c1-8-6-18-7-10(8)5-14-19(16,17)11-9(3-12-2)4-13-15-11/h4,6-7,12,14H,3,5H2,1-2H3,(H,13,15). The molecule has 0 saturated heterocycles. The predicted octanol–water partition coefficient (Wildman–Crippen LogP) is 0.978. The highest BCUT2D eigenvalue weighted by Gasteiger charge is 2.20. The molecular formula is C11H16N4O2S2. The van der Waals surface area contributed by atoms with Crippen LogP contribution in [0, 0.1) is 6.92 Å². The zero-order valence-corrected chi connectivity index (χ0v) is 12.4. The Balaban J connectivity index is 2.14. The van der Waals surface area contributed by atoms with Crippen molar-refractivity contribution in [3.05, 3.63) is 33.6 Å². The van der Waals surface area contributed by atoms with E-state index in [4.69, 9.17) is 0 Å². The third kappa shape index (κ3) is 3.21. The summed E-state index contributed by atoms with van der Waals surface area (Å²) in [5, 5.41) is 13.3. The number of rotatable bonds is 6. The molecule has 0 spiro atoms. The zero-order chi connectivity index (χ0) is 13.9. The van der Waals surface area contributed by atoms with Crippen molar-refractivity contribution < 1.29 is 8.42 Å². The molecule has 19 heavy (non-hydrogen) atoms. The molecule has 0 fully saturated rings. The molecule has 2 aromatic heterocycles. The van der Waals surface area contributed by atoms with Gasteiger partial charge in [0.05, 0.1) is 6.20 Å². The summed E-state index contributed by atoms with van der Waals surface area (Å²) in [6.45, 7) is 2.70. The van der Waals surface area contributed by atoms with E-state index in [-0.39, 0.29) is 11.6 Å². The van der Waals surface area contributed by atoms with Crippen molar-refractivity contribution in [2.45, 2.75) is 25.0 Å². The van der Waals surface area contributed by atoms with Gasteiger partial charge in [-0.1, -0.05) is 0 Å². The second-order valence-electron chi connectivity index (χ2n) is 4.16. The molecule has 2 aromatic rings. The minimum absolute atomic E-state index is 0.120. The lowest BCUT2D eigenvalue weighted by atomic mass is 10.2. The molecule has 0 aromatic carbocycles. The second-order valence-corrected chi connectivity index (χ2v) is 6.61. The lowest BCUT2D eigenvalue weighted by molar-refractivity contribution is 0.575. The van der Waals surface area contributed by atoms with E-state index in [0.717, 1.165) is 11.1 Å². The van der Waals surface area contributed by atoms with Crippen LogP contribution in [0.2, 0.25) is 0 Å². The first-order valence-electron chi connectivity index (χ1n) is 5.73. The molecule has 0 atom stereocenters. The number of aromatic amines is 1. The van der Waals surface area contributed by atoms with Crippen LogP contribution in [0.15, 0.2) is 22.0 Å². The highest BCUT2D eigenvalue weighted by atomic mass is 32.2. The number of H-pyrrole nitrogens is 1. The molecule has 104 valence electrons. The van der Waals surface area contributed by atoms with E-state index in [0.29, 0.717) is 12.1 Å². The first-order valence-corrected chi connectivity index (χ1v) is 8.15. The van der Waals surface area contributed by atoms with Gasteiger partial charge >= 0.3 is 0 Å². The Morgan fingerprint density at radius 3 is 2.74 bits per heavy atom. The smallest absolute Gasteiger partial charge is 0.258 e. The molecule has 0 amide bonds. The second kappa shape index (κ2) is 5.83. The summed E-state index contributed by atoms with van der Waals surface area (Å²) in [4.78, 5) is 0. The fraction of sp³-hybridized carbons (Fsp3) is 0.364. The van der Waals surface area contributed by atoms with Crippen molar-refractivity contribution in [1.82, 2.24) is 20.2 Å². The zero-order valence-electron chi connectivity index (χ0n) is 10.7. The molecule has 0 aliphatic rings. The van der Waals surface area contributed by atoms with E-state index in [1.807, 2.05) is 17.7 Å². The van der Waals surface area contributed by atoms with E-state index in [1.165, 1.54) is 6.20 Å². The van der Waals surface area contributed by atoms with Crippen LogP contribution < -0.4 is 10.0 Å². The summed E-state index contributed by atoms with van der Waals surface area (Å²) in [6, 6.07) is 0. The minimum Gasteiger partial charge on any atom is -0.316 e. The number of aryl methyl sites for hydroxylation is 1. The third-order valence-electron chi connectivity index (χ3n) is 2.73. The van der Waals surface area contributed by atoms with Gasteiger partial charge in [-0.05, 0) is 35.9 Å². The van der Waals surface area contributed by atoms with Gasteiger partial charge < -0.3 is 5.32 Å². The van der Waals surface area contributed by atoms with Crippen LogP contribution in [0.25, 0.3) is 0 Å². The minimum atomic E-state index is -3.57. The number of nitrogens with zero attached hydrogens (tertiary/aromatic N) is 1. The highest BCUT2D eigenvalue weighted by molar-refractivity contribution is 7.89. The van der Waals surface area contributed by atoms with Gasteiger partial charge in [0.15, 0.2) is 5.03 Å². The van der Waals surface area contributed by atoms with Gasteiger partial charge in [0.1, 0.15) is 0 Å². The number of sulfonamides is 1. The van der Waals surface area contributed by atoms with Gasteiger partial charge in [-0.3, -0.25) is 5.10 Å². The van der Waals surface area contributed by atoms with Crippen LogP contribution in [-0.4, -0.2) is 25.7 Å². The molecular weight excluding hydrogens is 284 g/mol. The number of hydrogen-bond donors (Lipinski definition) is 3. The molecule has 0 radical (unpaired) electrons. The SMILES string of the molecule is CNCc1cn[nH]c1S(=O)(=O)NCc1cscc1C. The van der Waals surface area contributed by atoms with Crippen molar-refractivity contribution in [2.75, 3.05) is 7.05 Å². The summed E-state index contributed by atoms with van der Waals surface area (Å²) >= 11 is 1.56. The van der Waals surface area contributed by atoms with E-state index < -0.39 is 10.0 Å². The maximum atomic E-state index is 12.2. The predicted molar refractivity (Wildman–Crippen MR) is 74.4 cm³/mol. The van der Waals surface area contributed by atoms with Crippen LogP contribution >= 0.6 is 11.3 Å². The van der Waals surface area contributed by atoms with Crippen LogP contribution in [0.4, 0.5) is 0 Å². The molecule has 2 rings (SSSR count). The van der Waals surface area contributed by atoms with Gasteiger partial charge in [0.2, 0.25) is 0 Å². The van der Waals surface area contributed by atoms with Gasteiger partial charge in [-0.15, -0.1) is 0 Å². The van der Waals surface area contributed by atoms with Gasteiger partial charge in [0.25, 0.3) is 10.0 Å². The van der Waals surface area contributed by atoms with Crippen molar-refractivity contribution in [3.63, 3.8) is 0 Å². The average Bonchev–Trinajstić information content (AvgIpc) is 2.97. The molecule has 2 heterocycles. The van der Waals surface area contributed by atoms with Gasteiger partial charge in [-0.2, -0.15) is 16.4 Å². The molecule has 0 aliphatic carbocycles. The monoisotopic (exact) mass is 300 g/mol. The normalized spacial score (nSPS) is 11.9. The maximum absolute atomic E-state index is 12.2. The molecule has 3 N–H and O–H groups in total. The summed E-state index contributed by atoms with van der Waals surface area (Å²) in [5.74, 6) is 0. The molecule has 6 nitrogen and oxygen atoms in total. The summed E-state index contributed by atoms with van der Waals surface area (Å²) in [5.41, 5.74) is 2.70. The first kappa shape index (κ1) is 14.2. The van der Waals surface area contributed by atoms with Crippen molar-refractivity contribution in [1.29, 1.82) is 0 Å². The summed E-state index contributed by atoms with van der Waals surface area (Å²) in [6.07, 6.45) is 1.51. The Labute approximate surface area is 116 Å². The molecule has 0 aliphatic heterocycles. The highest BCUT2D eigenvalue weighted by Crippen LogP contribution is 2.16.